The molecule has 4 nitrogen and oxygen atoms in total. The summed E-state index contributed by atoms with van der Waals surface area (Å²) in [4.78, 5) is 11.8. The number of hydrogen-bond donors (Lipinski definition) is 2. The first-order valence-corrected chi connectivity index (χ1v) is 7.04. The van der Waals surface area contributed by atoms with Crippen molar-refractivity contribution in [1.82, 2.24) is 0 Å². The molecular formula is C17H17NO3. The molecule has 0 saturated heterocycles. The van der Waals surface area contributed by atoms with Crippen molar-refractivity contribution in [3.05, 3.63) is 53.6 Å². The van der Waals surface area contributed by atoms with Gasteiger partial charge in [0.1, 0.15) is 11.5 Å². The Balaban J connectivity index is 1.56. The molecule has 0 bridgehead atoms. The molecule has 21 heavy (non-hydrogen) atoms. The highest BCUT2D eigenvalue weighted by atomic mass is 16.5. The third-order valence-electron chi connectivity index (χ3n) is 3.57. The molecule has 0 radical (unpaired) electrons. The van der Waals surface area contributed by atoms with E-state index in [-0.39, 0.29) is 18.3 Å². The Kier molecular flexibility index (Phi) is 3.77. The highest BCUT2D eigenvalue weighted by Gasteiger charge is 2.12. The number of aryl methyl sites for hydroxylation is 2. The van der Waals surface area contributed by atoms with Gasteiger partial charge in [-0.1, -0.05) is 12.1 Å². The topological polar surface area (TPSA) is 58.6 Å². The minimum Gasteiger partial charge on any atom is -0.508 e. The zero-order chi connectivity index (χ0) is 14.7. The molecule has 0 atom stereocenters. The van der Waals surface area contributed by atoms with Crippen molar-refractivity contribution in [1.29, 1.82) is 0 Å². The predicted molar refractivity (Wildman–Crippen MR) is 80.7 cm³/mol. The summed E-state index contributed by atoms with van der Waals surface area (Å²) in [5, 5.41) is 12.0. The lowest BCUT2D eigenvalue weighted by atomic mass is 10.1. The van der Waals surface area contributed by atoms with Crippen LogP contribution in [-0.2, 0) is 17.6 Å². The van der Waals surface area contributed by atoms with Crippen LogP contribution in [0.2, 0.25) is 0 Å². The fourth-order valence-electron chi connectivity index (χ4n) is 2.57. The van der Waals surface area contributed by atoms with Gasteiger partial charge in [0.2, 0.25) is 0 Å². The SMILES string of the molecule is O=C(COc1ccc2c(c1)CCC2)Nc1cccc(O)c1. The molecule has 4 heteroatoms. The number of benzene rings is 2. The molecule has 0 unspecified atom stereocenters. The quantitative estimate of drug-likeness (QED) is 0.907. The minimum absolute atomic E-state index is 0.0472. The lowest BCUT2D eigenvalue weighted by Crippen LogP contribution is -2.20. The van der Waals surface area contributed by atoms with Crippen LogP contribution in [0.3, 0.4) is 0 Å². The Morgan fingerprint density at radius 2 is 2.00 bits per heavy atom. The van der Waals surface area contributed by atoms with Gasteiger partial charge in [-0.3, -0.25) is 4.79 Å². The van der Waals surface area contributed by atoms with Crippen molar-refractivity contribution >= 4 is 11.6 Å². The molecule has 1 aliphatic carbocycles. The average molecular weight is 283 g/mol. The number of fused-ring (bicyclic) bond motifs is 1. The number of ether oxygens (including phenoxy) is 1. The van der Waals surface area contributed by atoms with E-state index in [1.165, 1.54) is 23.6 Å². The van der Waals surface area contributed by atoms with Gasteiger partial charge in [0, 0.05) is 11.8 Å². The fourth-order valence-corrected chi connectivity index (χ4v) is 2.57. The number of aromatic hydroxyl groups is 1. The Bertz CT molecular complexity index is 667. The summed E-state index contributed by atoms with van der Waals surface area (Å²) < 4.78 is 5.52. The molecule has 108 valence electrons. The summed E-state index contributed by atoms with van der Waals surface area (Å²) in [6, 6.07) is 12.4. The van der Waals surface area contributed by atoms with Crippen molar-refractivity contribution in [2.75, 3.05) is 11.9 Å². The number of phenolic OH excluding ortho intramolecular Hbond substituents is 1. The first kappa shape index (κ1) is 13.5. The summed E-state index contributed by atoms with van der Waals surface area (Å²) in [6.45, 7) is -0.0472. The number of hydrogen-bond acceptors (Lipinski definition) is 3. The van der Waals surface area contributed by atoms with Gasteiger partial charge in [-0.05, 0) is 54.7 Å². The first-order valence-electron chi connectivity index (χ1n) is 7.04. The molecule has 0 aliphatic heterocycles. The number of amides is 1. The third kappa shape index (κ3) is 3.34. The molecule has 1 aliphatic rings. The van der Waals surface area contributed by atoms with E-state index in [9.17, 15) is 9.90 Å². The second-order valence-electron chi connectivity index (χ2n) is 5.17. The number of anilines is 1. The minimum atomic E-state index is -0.249. The Morgan fingerprint density at radius 3 is 2.86 bits per heavy atom. The van der Waals surface area contributed by atoms with E-state index in [0.717, 1.165) is 18.6 Å². The highest BCUT2D eigenvalue weighted by molar-refractivity contribution is 5.92. The number of rotatable bonds is 4. The van der Waals surface area contributed by atoms with Crippen LogP contribution < -0.4 is 10.1 Å². The van der Waals surface area contributed by atoms with Crippen LogP contribution in [0.15, 0.2) is 42.5 Å². The van der Waals surface area contributed by atoms with Crippen molar-refractivity contribution in [2.24, 2.45) is 0 Å². The van der Waals surface area contributed by atoms with Crippen LogP contribution >= 0.6 is 0 Å². The molecule has 2 aromatic rings. The molecule has 2 N–H and O–H groups in total. The lowest BCUT2D eigenvalue weighted by Gasteiger charge is -2.09. The van der Waals surface area contributed by atoms with E-state index in [1.54, 1.807) is 18.2 Å². The van der Waals surface area contributed by atoms with E-state index in [1.807, 2.05) is 12.1 Å². The number of nitrogens with one attached hydrogen (secondary N) is 1. The van der Waals surface area contributed by atoms with E-state index in [0.29, 0.717) is 5.69 Å². The molecule has 2 aromatic carbocycles. The molecule has 0 saturated carbocycles. The molecule has 0 aromatic heterocycles. The molecular weight excluding hydrogens is 266 g/mol. The van der Waals surface area contributed by atoms with Gasteiger partial charge in [0.25, 0.3) is 5.91 Å². The zero-order valence-corrected chi connectivity index (χ0v) is 11.6. The van der Waals surface area contributed by atoms with Gasteiger partial charge in [0.15, 0.2) is 6.61 Å². The van der Waals surface area contributed by atoms with Gasteiger partial charge in [-0.15, -0.1) is 0 Å². The Hall–Kier alpha value is -2.49. The van der Waals surface area contributed by atoms with Crippen LogP contribution in [0, 0.1) is 0 Å². The lowest BCUT2D eigenvalue weighted by molar-refractivity contribution is -0.118. The molecule has 0 fully saturated rings. The van der Waals surface area contributed by atoms with Crippen LogP contribution in [0.5, 0.6) is 11.5 Å². The molecule has 3 rings (SSSR count). The first-order chi connectivity index (χ1) is 10.2. The van der Waals surface area contributed by atoms with Crippen LogP contribution in [0.25, 0.3) is 0 Å². The fraction of sp³-hybridized carbons (Fsp3) is 0.235. The van der Waals surface area contributed by atoms with Gasteiger partial charge in [0.05, 0.1) is 0 Å². The highest BCUT2D eigenvalue weighted by Crippen LogP contribution is 2.26. The van der Waals surface area contributed by atoms with Crippen LogP contribution in [-0.4, -0.2) is 17.6 Å². The summed E-state index contributed by atoms with van der Waals surface area (Å²) in [6.07, 6.45) is 3.41. The Morgan fingerprint density at radius 1 is 1.14 bits per heavy atom. The standard InChI is InChI=1S/C17H17NO3/c19-15-6-2-5-14(10-15)18-17(20)11-21-16-8-7-12-3-1-4-13(12)9-16/h2,5-10,19H,1,3-4,11H2,(H,18,20). The second-order valence-corrected chi connectivity index (χ2v) is 5.17. The maximum Gasteiger partial charge on any atom is 0.262 e. The summed E-state index contributed by atoms with van der Waals surface area (Å²) >= 11 is 0. The Labute approximate surface area is 123 Å². The van der Waals surface area contributed by atoms with Crippen LogP contribution in [0.4, 0.5) is 5.69 Å². The molecule has 0 spiro atoms. The normalized spacial score (nSPS) is 12.8. The number of carbonyl (C=O) groups is 1. The summed E-state index contributed by atoms with van der Waals surface area (Å²) in [7, 11) is 0. The maximum absolute atomic E-state index is 11.8. The molecule has 1 amide bonds. The van der Waals surface area contributed by atoms with Crippen molar-refractivity contribution in [2.45, 2.75) is 19.3 Å². The van der Waals surface area contributed by atoms with E-state index < -0.39 is 0 Å². The number of carbonyl (C=O) groups excluding carboxylic acids is 1. The van der Waals surface area contributed by atoms with Crippen molar-refractivity contribution in [3.63, 3.8) is 0 Å². The van der Waals surface area contributed by atoms with Gasteiger partial charge in [-0.2, -0.15) is 0 Å². The van der Waals surface area contributed by atoms with Crippen molar-refractivity contribution < 1.29 is 14.6 Å². The van der Waals surface area contributed by atoms with Gasteiger partial charge >= 0.3 is 0 Å². The third-order valence-corrected chi connectivity index (χ3v) is 3.57. The predicted octanol–water partition coefficient (Wildman–Crippen LogP) is 2.90. The van der Waals surface area contributed by atoms with E-state index in [4.69, 9.17) is 4.74 Å². The average Bonchev–Trinajstić information content (AvgIpc) is 2.92. The zero-order valence-electron chi connectivity index (χ0n) is 11.6. The van der Waals surface area contributed by atoms with E-state index >= 15 is 0 Å². The molecule has 0 heterocycles. The van der Waals surface area contributed by atoms with E-state index in [2.05, 4.69) is 11.4 Å². The van der Waals surface area contributed by atoms with Crippen LogP contribution in [0.1, 0.15) is 17.5 Å². The summed E-state index contributed by atoms with van der Waals surface area (Å²) in [5.74, 6) is 0.593. The number of phenols is 1. The smallest absolute Gasteiger partial charge is 0.262 e. The monoisotopic (exact) mass is 283 g/mol. The van der Waals surface area contributed by atoms with Gasteiger partial charge in [-0.25, -0.2) is 0 Å². The largest absolute Gasteiger partial charge is 0.508 e. The maximum atomic E-state index is 11.8. The van der Waals surface area contributed by atoms with Crippen molar-refractivity contribution in [3.8, 4) is 11.5 Å². The van der Waals surface area contributed by atoms with Gasteiger partial charge < -0.3 is 15.2 Å². The second kappa shape index (κ2) is 5.87. The summed E-state index contributed by atoms with van der Waals surface area (Å²) in [5.41, 5.74) is 3.25.